The largest absolute Gasteiger partial charge is 0.354 e. The van der Waals surface area contributed by atoms with Gasteiger partial charge in [-0.2, -0.15) is 0 Å². The van der Waals surface area contributed by atoms with Crippen molar-refractivity contribution in [3.63, 3.8) is 0 Å². The molecule has 1 aliphatic rings. The summed E-state index contributed by atoms with van der Waals surface area (Å²) < 4.78 is 0.971. The maximum Gasteiger partial charge on any atom is 0.221 e. The Morgan fingerprint density at radius 3 is 3.00 bits per heavy atom. The van der Waals surface area contributed by atoms with E-state index in [1.165, 1.54) is 0 Å². The minimum Gasteiger partial charge on any atom is -0.354 e. The average molecular weight is 304 g/mol. The molecule has 3 nitrogen and oxygen atoms in total. The molecule has 1 atom stereocenters. The molecule has 0 bridgehead atoms. The van der Waals surface area contributed by atoms with Gasteiger partial charge in [-0.05, 0) is 17.7 Å². The van der Waals surface area contributed by atoms with Crippen LogP contribution in [-0.2, 0) is 11.3 Å². The van der Waals surface area contributed by atoms with E-state index in [1.54, 1.807) is 0 Å². The van der Waals surface area contributed by atoms with Gasteiger partial charge >= 0.3 is 0 Å². The van der Waals surface area contributed by atoms with E-state index < -0.39 is 0 Å². The average Bonchev–Trinajstić information content (AvgIpc) is 2.63. The molecule has 1 heterocycles. The second-order valence-corrected chi connectivity index (χ2v) is 5.14. The van der Waals surface area contributed by atoms with E-state index in [-0.39, 0.29) is 11.9 Å². The van der Waals surface area contributed by atoms with E-state index in [9.17, 15) is 4.79 Å². The number of benzene rings is 1. The molecular formula is C11H12BrClN2O. The van der Waals surface area contributed by atoms with Crippen LogP contribution in [0, 0.1) is 0 Å². The van der Waals surface area contributed by atoms with Gasteiger partial charge in [0.15, 0.2) is 0 Å². The second-order valence-electron chi connectivity index (χ2n) is 3.82. The summed E-state index contributed by atoms with van der Waals surface area (Å²) >= 11 is 9.45. The molecule has 1 aromatic rings. The molecule has 1 fully saturated rings. The summed E-state index contributed by atoms with van der Waals surface area (Å²) in [6.45, 7) is 1.39. The van der Waals surface area contributed by atoms with Crippen molar-refractivity contribution in [2.24, 2.45) is 0 Å². The van der Waals surface area contributed by atoms with Crippen molar-refractivity contribution in [2.75, 3.05) is 6.54 Å². The van der Waals surface area contributed by atoms with Gasteiger partial charge < -0.3 is 10.6 Å². The summed E-state index contributed by atoms with van der Waals surface area (Å²) in [6, 6.07) is 6.02. The van der Waals surface area contributed by atoms with Crippen molar-refractivity contribution in [1.82, 2.24) is 10.6 Å². The molecular weight excluding hydrogens is 291 g/mol. The van der Waals surface area contributed by atoms with Crippen LogP contribution in [0.4, 0.5) is 0 Å². The third kappa shape index (κ3) is 2.97. The second kappa shape index (κ2) is 5.17. The van der Waals surface area contributed by atoms with Crippen LogP contribution < -0.4 is 10.6 Å². The Hall–Kier alpha value is -0.580. The monoisotopic (exact) mass is 302 g/mol. The number of nitrogens with one attached hydrogen (secondary N) is 2. The zero-order chi connectivity index (χ0) is 11.5. The Morgan fingerprint density at radius 1 is 1.56 bits per heavy atom. The molecule has 2 rings (SSSR count). The molecule has 1 amide bonds. The lowest BCUT2D eigenvalue weighted by molar-refractivity contribution is -0.119. The standard InChI is InChI=1S/C11H12BrClN2O/c12-8-2-1-7(10(13)3-8)5-14-9-4-11(16)15-6-9/h1-3,9,14H,4-6H2,(H,15,16). The zero-order valence-electron chi connectivity index (χ0n) is 8.59. The summed E-state index contributed by atoms with van der Waals surface area (Å²) in [4.78, 5) is 11.0. The predicted octanol–water partition coefficient (Wildman–Crippen LogP) is 2.08. The van der Waals surface area contributed by atoms with Crippen LogP contribution >= 0.6 is 27.5 Å². The van der Waals surface area contributed by atoms with Gasteiger partial charge in [0.1, 0.15) is 0 Å². The van der Waals surface area contributed by atoms with Gasteiger partial charge in [0, 0.05) is 35.0 Å². The minimum absolute atomic E-state index is 0.111. The number of carbonyl (C=O) groups excluding carboxylic acids is 1. The van der Waals surface area contributed by atoms with Crippen molar-refractivity contribution in [2.45, 2.75) is 19.0 Å². The summed E-state index contributed by atoms with van der Waals surface area (Å²) in [5.74, 6) is 0.111. The maximum absolute atomic E-state index is 11.0. The molecule has 0 radical (unpaired) electrons. The van der Waals surface area contributed by atoms with Crippen LogP contribution in [0.2, 0.25) is 5.02 Å². The van der Waals surface area contributed by atoms with Crippen molar-refractivity contribution >= 4 is 33.4 Å². The fourth-order valence-corrected chi connectivity index (χ4v) is 2.41. The van der Waals surface area contributed by atoms with Gasteiger partial charge in [-0.15, -0.1) is 0 Å². The lowest BCUT2D eigenvalue weighted by Crippen LogP contribution is -2.30. The van der Waals surface area contributed by atoms with Gasteiger partial charge in [-0.25, -0.2) is 0 Å². The van der Waals surface area contributed by atoms with Gasteiger partial charge in [0.05, 0.1) is 0 Å². The minimum atomic E-state index is 0.111. The Labute approximate surface area is 108 Å². The molecule has 86 valence electrons. The number of carbonyl (C=O) groups is 1. The van der Waals surface area contributed by atoms with E-state index in [4.69, 9.17) is 11.6 Å². The molecule has 1 aromatic carbocycles. The molecule has 1 unspecified atom stereocenters. The lowest BCUT2D eigenvalue weighted by Gasteiger charge is -2.11. The number of amides is 1. The first-order valence-corrected chi connectivity index (χ1v) is 6.26. The smallest absolute Gasteiger partial charge is 0.221 e. The predicted molar refractivity (Wildman–Crippen MR) is 67.4 cm³/mol. The van der Waals surface area contributed by atoms with Crippen LogP contribution in [0.5, 0.6) is 0 Å². The van der Waals surface area contributed by atoms with Crippen LogP contribution in [0.3, 0.4) is 0 Å². The molecule has 1 aliphatic heterocycles. The Morgan fingerprint density at radius 2 is 2.38 bits per heavy atom. The number of halogens is 2. The first kappa shape index (κ1) is 11.9. The van der Waals surface area contributed by atoms with E-state index in [1.807, 2.05) is 18.2 Å². The van der Waals surface area contributed by atoms with E-state index in [2.05, 4.69) is 26.6 Å². The Balaban J connectivity index is 1.92. The topological polar surface area (TPSA) is 41.1 Å². The molecule has 16 heavy (non-hydrogen) atoms. The van der Waals surface area contributed by atoms with Crippen molar-refractivity contribution in [3.05, 3.63) is 33.3 Å². The van der Waals surface area contributed by atoms with Crippen LogP contribution in [0.15, 0.2) is 22.7 Å². The fourth-order valence-electron chi connectivity index (χ4n) is 1.67. The highest BCUT2D eigenvalue weighted by atomic mass is 79.9. The molecule has 0 saturated carbocycles. The summed E-state index contributed by atoms with van der Waals surface area (Å²) in [5.41, 5.74) is 1.05. The fraction of sp³-hybridized carbons (Fsp3) is 0.364. The summed E-state index contributed by atoms with van der Waals surface area (Å²) in [7, 11) is 0. The Kier molecular flexibility index (Phi) is 3.84. The normalized spacial score (nSPS) is 19.9. The molecule has 0 spiro atoms. The van der Waals surface area contributed by atoms with Crippen molar-refractivity contribution in [3.8, 4) is 0 Å². The third-order valence-electron chi connectivity index (χ3n) is 2.57. The number of rotatable bonds is 3. The van der Waals surface area contributed by atoms with Crippen LogP contribution in [-0.4, -0.2) is 18.5 Å². The summed E-state index contributed by atoms with van der Waals surface area (Å²) in [5, 5.41) is 6.83. The molecule has 1 saturated heterocycles. The maximum atomic E-state index is 11.0. The lowest BCUT2D eigenvalue weighted by atomic mass is 10.2. The molecule has 2 N–H and O–H groups in total. The first-order valence-electron chi connectivity index (χ1n) is 5.09. The van der Waals surface area contributed by atoms with E-state index >= 15 is 0 Å². The van der Waals surface area contributed by atoms with Crippen molar-refractivity contribution in [1.29, 1.82) is 0 Å². The van der Waals surface area contributed by atoms with Crippen molar-refractivity contribution < 1.29 is 4.79 Å². The van der Waals surface area contributed by atoms with Gasteiger partial charge in [-0.1, -0.05) is 33.6 Å². The van der Waals surface area contributed by atoms with Gasteiger partial charge in [0.2, 0.25) is 5.91 Å². The van der Waals surface area contributed by atoms with Crippen LogP contribution in [0.1, 0.15) is 12.0 Å². The quantitative estimate of drug-likeness (QED) is 0.897. The highest BCUT2D eigenvalue weighted by Crippen LogP contribution is 2.21. The first-order chi connectivity index (χ1) is 7.65. The number of hydrogen-bond acceptors (Lipinski definition) is 2. The third-order valence-corrected chi connectivity index (χ3v) is 3.42. The van der Waals surface area contributed by atoms with Gasteiger partial charge in [0.25, 0.3) is 0 Å². The molecule has 0 aliphatic carbocycles. The summed E-state index contributed by atoms with van der Waals surface area (Å²) in [6.07, 6.45) is 0.550. The highest BCUT2D eigenvalue weighted by Gasteiger charge is 2.20. The zero-order valence-corrected chi connectivity index (χ0v) is 10.9. The SMILES string of the molecule is O=C1CC(NCc2ccc(Br)cc2Cl)CN1. The van der Waals surface area contributed by atoms with E-state index in [0.717, 1.165) is 15.1 Å². The van der Waals surface area contributed by atoms with E-state index in [0.29, 0.717) is 19.5 Å². The molecule has 5 heteroatoms. The Bertz CT molecular complexity index is 411. The highest BCUT2D eigenvalue weighted by molar-refractivity contribution is 9.10. The van der Waals surface area contributed by atoms with Gasteiger partial charge in [-0.3, -0.25) is 4.79 Å². The molecule has 0 aromatic heterocycles. The number of hydrogen-bond donors (Lipinski definition) is 2. The van der Waals surface area contributed by atoms with Crippen LogP contribution in [0.25, 0.3) is 0 Å².